The summed E-state index contributed by atoms with van der Waals surface area (Å²) in [6, 6.07) is 0. The van der Waals surface area contributed by atoms with Gasteiger partial charge in [0.05, 0.1) is 0 Å². The van der Waals surface area contributed by atoms with Gasteiger partial charge in [-0.15, -0.1) is 6.58 Å². The normalized spacial score (nSPS) is 10.6. The molecular weight excluding hydrogens is 238 g/mol. The van der Waals surface area contributed by atoms with Crippen molar-refractivity contribution in [1.29, 1.82) is 0 Å². The lowest BCUT2D eigenvalue weighted by molar-refractivity contribution is -0.125. The molecule has 0 spiro atoms. The summed E-state index contributed by atoms with van der Waals surface area (Å²) in [6.45, 7) is 12.0. The van der Waals surface area contributed by atoms with Crippen molar-refractivity contribution >= 4 is 5.91 Å². The summed E-state index contributed by atoms with van der Waals surface area (Å²) in [5.74, 6) is -0.0544. The fourth-order valence-corrected chi connectivity index (χ4v) is 1.65. The standard InChI is InChI=1S/C16H27NO2/c1-4-13-17(16(18)5-2)14-11-9-7-8-10-12-15-19-6-3/h4-5,9,11H,1-2,6-8,10,12-15H2,3H3/b11-9+. The molecule has 0 aliphatic heterocycles. The van der Waals surface area contributed by atoms with Crippen molar-refractivity contribution in [3.05, 3.63) is 37.5 Å². The molecule has 0 aromatic carbocycles. The maximum Gasteiger partial charge on any atom is 0.246 e. The topological polar surface area (TPSA) is 29.5 Å². The summed E-state index contributed by atoms with van der Waals surface area (Å²) in [4.78, 5) is 13.2. The average molecular weight is 265 g/mol. The minimum Gasteiger partial charge on any atom is -0.382 e. The minimum atomic E-state index is -0.0544. The van der Waals surface area contributed by atoms with Crippen LogP contribution in [0.25, 0.3) is 0 Å². The largest absolute Gasteiger partial charge is 0.382 e. The molecule has 0 rings (SSSR count). The lowest BCUT2D eigenvalue weighted by Gasteiger charge is -2.16. The highest BCUT2D eigenvalue weighted by atomic mass is 16.5. The van der Waals surface area contributed by atoms with E-state index in [2.05, 4.69) is 19.2 Å². The van der Waals surface area contributed by atoms with Gasteiger partial charge in [-0.25, -0.2) is 0 Å². The van der Waals surface area contributed by atoms with Gasteiger partial charge in [-0.3, -0.25) is 4.79 Å². The van der Waals surface area contributed by atoms with Crippen molar-refractivity contribution in [3.63, 3.8) is 0 Å². The molecule has 19 heavy (non-hydrogen) atoms. The van der Waals surface area contributed by atoms with E-state index < -0.39 is 0 Å². The molecule has 0 unspecified atom stereocenters. The number of carbonyl (C=O) groups excluding carboxylic acids is 1. The number of unbranched alkanes of at least 4 members (excludes halogenated alkanes) is 3. The average Bonchev–Trinajstić information content (AvgIpc) is 2.43. The molecule has 0 saturated carbocycles. The molecule has 0 saturated heterocycles. The Bertz CT molecular complexity index is 284. The Morgan fingerprint density at radius 3 is 2.58 bits per heavy atom. The van der Waals surface area contributed by atoms with E-state index in [9.17, 15) is 4.79 Å². The number of hydrogen-bond donors (Lipinski definition) is 0. The zero-order chi connectivity index (χ0) is 14.3. The van der Waals surface area contributed by atoms with Gasteiger partial charge in [-0.2, -0.15) is 0 Å². The third-order valence-electron chi connectivity index (χ3n) is 2.69. The van der Waals surface area contributed by atoms with Crippen molar-refractivity contribution in [2.75, 3.05) is 26.3 Å². The molecule has 0 bridgehead atoms. The van der Waals surface area contributed by atoms with Crippen LogP contribution in [-0.4, -0.2) is 37.1 Å². The molecular formula is C16H27NO2. The second-order valence-corrected chi connectivity index (χ2v) is 4.25. The molecule has 3 heteroatoms. The van der Waals surface area contributed by atoms with Gasteiger partial charge in [0.2, 0.25) is 5.91 Å². The predicted molar refractivity (Wildman–Crippen MR) is 81.1 cm³/mol. The number of carbonyl (C=O) groups is 1. The lowest BCUT2D eigenvalue weighted by atomic mass is 10.2. The van der Waals surface area contributed by atoms with E-state index >= 15 is 0 Å². The summed E-state index contributed by atoms with van der Waals surface area (Å²) in [5.41, 5.74) is 0. The number of amides is 1. The van der Waals surface area contributed by atoms with E-state index in [1.807, 2.05) is 13.0 Å². The molecule has 0 aliphatic rings. The van der Waals surface area contributed by atoms with E-state index in [4.69, 9.17) is 4.74 Å². The molecule has 0 heterocycles. The van der Waals surface area contributed by atoms with E-state index in [1.54, 1.807) is 11.0 Å². The Kier molecular flexibility index (Phi) is 12.2. The Morgan fingerprint density at radius 2 is 1.95 bits per heavy atom. The number of ether oxygens (including phenoxy) is 1. The van der Waals surface area contributed by atoms with Gasteiger partial charge >= 0.3 is 0 Å². The van der Waals surface area contributed by atoms with Gasteiger partial charge in [0, 0.05) is 26.3 Å². The van der Waals surface area contributed by atoms with Gasteiger partial charge in [-0.05, 0) is 32.3 Å². The Hall–Kier alpha value is -1.35. The molecule has 108 valence electrons. The van der Waals surface area contributed by atoms with Gasteiger partial charge in [0.15, 0.2) is 0 Å². The number of allylic oxidation sites excluding steroid dienone is 1. The van der Waals surface area contributed by atoms with Crippen molar-refractivity contribution < 1.29 is 9.53 Å². The summed E-state index contributed by atoms with van der Waals surface area (Å²) < 4.78 is 5.28. The molecule has 0 atom stereocenters. The second-order valence-electron chi connectivity index (χ2n) is 4.25. The maximum absolute atomic E-state index is 11.5. The van der Waals surface area contributed by atoms with Gasteiger partial charge in [-0.1, -0.05) is 31.2 Å². The van der Waals surface area contributed by atoms with Gasteiger partial charge < -0.3 is 9.64 Å². The molecule has 0 fully saturated rings. The van der Waals surface area contributed by atoms with E-state index in [-0.39, 0.29) is 5.91 Å². The first kappa shape index (κ1) is 17.6. The number of nitrogens with zero attached hydrogens (tertiary/aromatic N) is 1. The van der Waals surface area contributed by atoms with Crippen LogP contribution in [0.1, 0.15) is 32.6 Å². The summed E-state index contributed by atoms with van der Waals surface area (Å²) in [6.07, 6.45) is 11.8. The molecule has 3 nitrogen and oxygen atoms in total. The Morgan fingerprint density at radius 1 is 1.16 bits per heavy atom. The SMILES string of the molecule is C=CCN(C/C=C/CCCCCOCC)C(=O)C=C. The third-order valence-corrected chi connectivity index (χ3v) is 2.69. The third kappa shape index (κ3) is 10.3. The quantitative estimate of drug-likeness (QED) is 0.308. The summed E-state index contributed by atoms with van der Waals surface area (Å²) >= 11 is 0. The van der Waals surface area contributed by atoms with E-state index in [0.29, 0.717) is 13.1 Å². The van der Waals surface area contributed by atoms with Crippen LogP contribution in [0.3, 0.4) is 0 Å². The number of rotatable bonds is 12. The minimum absolute atomic E-state index is 0.0544. The van der Waals surface area contributed by atoms with Gasteiger partial charge in [0.1, 0.15) is 0 Å². The molecule has 0 N–H and O–H groups in total. The highest BCUT2D eigenvalue weighted by molar-refractivity contribution is 5.87. The first-order chi connectivity index (χ1) is 9.26. The molecule has 0 aromatic heterocycles. The van der Waals surface area contributed by atoms with Crippen molar-refractivity contribution in [2.45, 2.75) is 32.6 Å². The highest BCUT2D eigenvalue weighted by Gasteiger charge is 2.04. The highest BCUT2D eigenvalue weighted by Crippen LogP contribution is 2.01. The first-order valence-electron chi connectivity index (χ1n) is 7.01. The first-order valence-corrected chi connectivity index (χ1v) is 7.01. The fraction of sp³-hybridized carbons (Fsp3) is 0.562. The molecule has 1 amide bonds. The van der Waals surface area contributed by atoms with E-state index in [1.165, 1.54) is 18.9 Å². The van der Waals surface area contributed by atoms with Crippen LogP contribution in [0.4, 0.5) is 0 Å². The Labute approximate surface area is 117 Å². The zero-order valence-corrected chi connectivity index (χ0v) is 12.1. The maximum atomic E-state index is 11.5. The predicted octanol–water partition coefficient (Wildman–Crippen LogP) is 3.34. The van der Waals surface area contributed by atoms with Crippen LogP contribution in [-0.2, 0) is 9.53 Å². The summed E-state index contributed by atoms with van der Waals surface area (Å²) in [7, 11) is 0. The van der Waals surface area contributed by atoms with Crippen LogP contribution >= 0.6 is 0 Å². The lowest BCUT2D eigenvalue weighted by Crippen LogP contribution is -2.29. The fourth-order valence-electron chi connectivity index (χ4n) is 1.65. The smallest absolute Gasteiger partial charge is 0.246 e. The summed E-state index contributed by atoms with van der Waals surface area (Å²) in [5, 5.41) is 0. The van der Waals surface area contributed by atoms with Crippen molar-refractivity contribution in [2.24, 2.45) is 0 Å². The van der Waals surface area contributed by atoms with Crippen LogP contribution < -0.4 is 0 Å². The molecule has 0 aliphatic carbocycles. The monoisotopic (exact) mass is 265 g/mol. The molecule has 0 radical (unpaired) electrons. The number of hydrogen-bond acceptors (Lipinski definition) is 2. The van der Waals surface area contributed by atoms with Crippen LogP contribution in [0, 0.1) is 0 Å². The van der Waals surface area contributed by atoms with Crippen LogP contribution in [0.2, 0.25) is 0 Å². The van der Waals surface area contributed by atoms with Crippen molar-refractivity contribution in [1.82, 2.24) is 4.90 Å². The Balaban J connectivity index is 3.66. The van der Waals surface area contributed by atoms with Gasteiger partial charge in [0.25, 0.3) is 0 Å². The van der Waals surface area contributed by atoms with E-state index in [0.717, 1.165) is 26.1 Å². The second kappa shape index (κ2) is 13.1. The zero-order valence-electron chi connectivity index (χ0n) is 12.1. The van der Waals surface area contributed by atoms with Crippen LogP contribution in [0.5, 0.6) is 0 Å². The van der Waals surface area contributed by atoms with Crippen LogP contribution in [0.15, 0.2) is 37.5 Å². The molecule has 0 aromatic rings. The van der Waals surface area contributed by atoms with Crippen molar-refractivity contribution in [3.8, 4) is 0 Å².